The molecule has 0 atom stereocenters. The number of amidine groups is 1. The molecule has 3 N–H and O–H groups in total. The second-order valence-corrected chi connectivity index (χ2v) is 5.12. The number of aromatic nitrogens is 2. The molecule has 0 radical (unpaired) electrons. The third-order valence-electron chi connectivity index (χ3n) is 2.96. The molecule has 0 saturated heterocycles. The van der Waals surface area contributed by atoms with Gasteiger partial charge in [0, 0.05) is 5.56 Å². The van der Waals surface area contributed by atoms with Crippen LogP contribution in [0.4, 0.5) is 0 Å². The van der Waals surface area contributed by atoms with Gasteiger partial charge in [0.1, 0.15) is 0 Å². The van der Waals surface area contributed by atoms with Crippen molar-refractivity contribution in [1.82, 2.24) is 9.78 Å². The summed E-state index contributed by atoms with van der Waals surface area (Å²) in [4.78, 5) is 0. The second-order valence-electron chi connectivity index (χ2n) is 4.33. The van der Waals surface area contributed by atoms with Gasteiger partial charge in [-0.3, -0.25) is 4.68 Å². The first-order valence-electron chi connectivity index (χ1n) is 5.79. The molecule has 0 aliphatic carbocycles. The first-order chi connectivity index (χ1) is 9.02. The lowest BCUT2D eigenvalue weighted by atomic mass is 10.1. The molecular formula is C13H15BrN4O. The lowest BCUT2D eigenvalue weighted by Crippen LogP contribution is -2.13. The molecule has 1 aromatic carbocycles. The van der Waals surface area contributed by atoms with E-state index in [1.807, 2.05) is 36.7 Å². The van der Waals surface area contributed by atoms with E-state index in [2.05, 4.69) is 26.2 Å². The van der Waals surface area contributed by atoms with Gasteiger partial charge in [-0.2, -0.15) is 5.10 Å². The summed E-state index contributed by atoms with van der Waals surface area (Å²) in [5.41, 5.74) is 9.36. The Bertz CT molecular complexity index is 634. The third-order valence-corrected chi connectivity index (χ3v) is 4.10. The fourth-order valence-electron chi connectivity index (χ4n) is 1.89. The molecule has 0 spiro atoms. The molecule has 100 valence electrons. The zero-order valence-electron chi connectivity index (χ0n) is 10.8. The molecule has 6 heteroatoms. The summed E-state index contributed by atoms with van der Waals surface area (Å²) in [7, 11) is 0. The minimum atomic E-state index is 0.108. The van der Waals surface area contributed by atoms with Crippen molar-refractivity contribution in [2.24, 2.45) is 10.9 Å². The molecule has 0 aliphatic heterocycles. The third kappa shape index (κ3) is 2.78. The van der Waals surface area contributed by atoms with Crippen molar-refractivity contribution in [3.05, 3.63) is 51.3 Å². The second kappa shape index (κ2) is 5.44. The topological polar surface area (TPSA) is 76.4 Å². The van der Waals surface area contributed by atoms with Crippen LogP contribution in [0.3, 0.4) is 0 Å². The standard InChI is InChI=1S/C13H15BrN4O/c1-8-12(14)9(2)18(16-8)7-10-4-3-5-11(6-10)13(15)17-19/h3-6,19H,7H2,1-2H3,(H2,15,17). The summed E-state index contributed by atoms with van der Waals surface area (Å²) in [6.07, 6.45) is 0. The van der Waals surface area contributed by atoms with Gasteiger partial charge >= 0.3 is 0 Å². The first-order valence-corrected chi connectivity index (χ1v) is 6.58. The van der Waals surface area contributed by atoms with Gasteiger partial charge in [-0.1, -0.05) is 23.4 Å². The van der Waals surface area contributed by atoms with Crippen molar-refractivity contribution in [2.75, 3.05) is 0 Å². The van der Waals surface area contributed by atoms with Crippen molar-refractivity contribution < 1.29 is 5.21 Å². The van der Waals surface area contributed by atoms with E-state index in [1.165, 1.54) is 0 Å². The van der Waals surface area contributed by atoms with Gasteiger partial charge in [0.2, 0.25) is 0 Å². The van der Waals surface area contributed by atoms with Crippen molar-refractivity contribution in [3.63, 3.8) is 0 Å². The number of oxime groups is 1. The quantitative estimate of drug-likeness (QED) is 0.394. The van der Waals surface area contributed by atoms with Crippen LogP contribution < -0.4 is 5.73 Å². The van der Waals surface area contributed by atoms with Crippen LogP contribution in [0.1, 0.15) is 22.5 Å². The van der Waals surface area contributed by atoms with Crippen molar-refractivity contribution in [3.8, 4) is 0 Å². The fourth-order valence-corrected chi connectivity index (χ4v) is 2.17. The van der Waals surface area contributed by atoms with Gasteiger partial charge in [0.05, 0.1) is 22.4 Å². The molecule has 0 unspecified atom stereocenters. The summed E-state index contributed by atoms with van der Waals surface area (Å²) in [5, 5.41) is 16.2. The largest absolute Gasteiger partial charge is 0.409 e. The highest BCUT2D eigenvalue weighted by Crippen LogP contribution is 2.20. The molecular weight excluding hydrogens is 308 g/mol. The Hall–Kier alpha value is -1.82. The van der Waals surface area contributed by atoms with Gasteiger partial charge in [0.15, 0.2) is 5.84 Å². The van der Waals surface area contributed by atoms with Crippen LogP contribution in [0.25, 0.3) is 0 Å². The molecule has 0 fully saturated rings. The number of aryl methyl sites for hydroxylation is 1. The first kappa shape index (κ1) is 13.6. The van der Waals surface area contributed by atoms with E-state index in [0.717, 1.165) is 21.4 Å². The van der Waals surface area contributed by atoms with Crippen LogP contribution in [0.15, 0.2) is 33.9 Å². The highest BCUT2D eigenvalue weighted by molar-refractivity contribution is 9.10. The average molecular weight is 323 g/mol. The smallest absolute Gasteiger partial charge is 0.170 e. The molecule has 0 amide bonds. The normalized spacial score (nSPS) is 11.8. The van der Waals surface area contributed by atoms with Gasteiger partial charge in [-0.25, -0.2) is 0 Å². The Labute approximate surface area is 119 Å². The predicted molar refractivity (Wildman–Crippen MR) is 77.5 cm³/mol. The van der Waals surface area contributed by atoms with Crippen LogP contribution in [0.5, 0.6) is 0 Å². The van der Waals surface area contributed by atoms with E-state index in [1.54, 1.807) is 6.07 Å². The van der Waals surface area contributed by atoms with E-state index < -0.39 is 0 Å². The molecule has 0 saturated carbocycles. The Morgan fingerprint density at radius 2 is 2.21 bits per heavy atom. The number of nitrogens with two attached hydrogens (primary N) is 1. The van der Waals surface area contributed by atoms with Crippen molar-refractivity contribution in [1.29, 1.82) is 0 Å². The number of rotatable bonds is 3. The fraction of sp³-hybridized carbons (Fsp3) is 0.231. The SMILES string of the molecule is Cc1nn(Cc2cccc(C(N)=NO)c2)c(C)c1Br. The number of hydrogen-bond acceptors (Lipinski definition) is 3. The summed E-state index contributed by atoms with van der Waals surface area (Å²) < 4.78 is 2.95. The molecule has 19 heavy (non-hydrogen) atoms. The van der Waals surface area contributed by atoms with E-state index in [0.29, 0.717) is 12.1 Å². The Balaban J connectivity index is 2.31. The highest BCUT2D eigenvalue weighted by Gasteiger charge is 2.09. The maximum Gasteiger partial charge on any atom is 0.170 e. The van der Waals surface area contributed by atoms with Crippen LogP contribution in [-0.4, -0.2) is 20.8 Å². The van der Waals surface area contributed by atoms with Crippen LogP contribution >= 0.6 is 15.9 Å². The molecule has 2 aromatic rings. The lowest BCUT2D eigenvalue weighted by Gasteiger charge is -2.06. The monoisotopic (exact) mass is 322 g/mol. The minimum Gasteiger partial charge on any atom is -0.409 e. The maximum atomic E-state index is 8.69. The summed E-state index contributed by atoms with van der Waals surface area (Å²) >= 11 is 3.51. The molecule has 1 heterocycles. The summed E-state index contributed by atoms with van der Waals surface area (Å²) in [5.74, 6) is 0.108. The zero-order valence-corrected chi connectivity index (χ0v) is 12.3. The van der Waals surface area contributed by atoms with Crippen LogP contribution in [0, 0.1) is 13.8 Å². The van der Waals surface area contributed by atoms with Crippen LogP contribution in [0.2, 0.25) is 0 Å². The van der Waals surface area contributed by atoms with Crippen LogP contribution in [-0.2, 0) is 6.54 Å². The van der Waals surface area contributed by atoms with E-state index in [4.69, 9.17) is 10.9 Å². The maximum absolute atomic E-state index is 8.69. The van der Waals surface area contributed by atoms with Gasteiger partial charge in [-0.05, 0) is 41.4 Å². The minimum absolute atomic E-state index is 0.108. The Kier molecular flexibility index (Phi) is 3.90. The molecule has 2 rings (SSSR count). The number of nitrogens with zero attached hydrogens (tertiary/aromatic N) is 3. The molecule has 0 bridgehead atoms. The summed E-state index contributed by atoms with van der Waals surface area (Å²) in [6.45, 7) is 4.61. The van der Waals surface area contributed by atoms with Crippen molar-refractivity contribution in [2.45, 2.75) is 20.4 Å². The molecule has 1 aromatic heterocycles. The van der Waals surface area contributed by atoms with Gasteiger partial charge in [-0.15, -0.1) is 0 Å². The molecule has 0 aliphatic rings. The van der Waals surface area contributed by atoms with E-state index >= 15 is 0 Å². The number of hydrogen-bond donors (Lipinski definition) is 2. The Morgan fingerprint density at radius 3 is 2.79 bits per heavy atom. The number of halogens is 1. The van der Waals surface area contributed by atoms with Crippen molar-refractivity contribution >= 4 is 21.8 Å². The number of benzene rings is 1. The zero-order chi connectivity index (χ0) is 14.0. The summed E-state index contributed by atoms with van der Waals surface area (Å²) in [6, 6.07) is 7.55. The highest BCUT2D eigenvalue weighted by atomic mass is 79.9. The van der Waals surface area contributed by atoms with E-state index in [-0.39, 0.29) is 5.84 Å². The van der Waals surface area contributed by atoms with E-state index in [9.17, 15) is 0 Å². The van der Waals surface area contributed by atoms with Gasteiger partial charge < -0.3 is 10.9 Å². The van der Waals surface area contributed by atoms with Gasteiger partial charge in [0.25, 0.3) is 0 Å². The average Bonchev–Trinajstić information content (AvgIpc) is 2.66. The molecule has 5 nitrogen and oxygen atoms in total. The lowest BCUT2D eigenvalue weighted by molar-refractivity contribution is 0.318. The Morgan fingerprint density at radius 1 is 1.47 bits per heavy atom. The predicted octanol–water partition coefficient (Wildman–Crippen LogP) is 2.41.